The van der Waals surface area contributed by atoms with Gasteiger partial charge in [0.25, 0.3) is 0 Å². The summed E-state index contributed by atoms with van der Waals surface area (Å²) in [6.45, 7) is 5.38. The lowest BCUT2D eigenvalue weighted by atomic mass is 9.90. The minimum atomic E-state index is -1.17. The van der Waals surface area contributed by atoms with Gasteiger partial charge in [0.05, 0.1) is 7.11 Å². The topological polar surface area (TPSA) is 84.9 Å². The summed E-state index contributed by atoms with van der Waals surface area (Å²) >= 11 is 0. The Hall–Kier alpha value is -2.08. The van der Waals surface area contributed by atoms with Gasteiger partial charge in [0, 0.05) is 11.1 Å². The van der Waals surface area contributed by atoms with Crippen LogP contribution >= 0.6 is 0 Å². The molecular weight excluding hydrogens is 298 g/mol. The van der Waals surface area contributed by atoms with Crippen LogP contribution in [0.15, 0.2) is 24.3 Å². The second-order valence-electron chi connectivity index (χ2n) is 6.79. The summed E-state index contributed by atoms with van der Waals surface area (Å²) in [4.78, 5) is 23.3. The number of hydrogen-bond acceptors (Lipinski definition) is 5. The van der Waals surface area contributed by atoms with Crippen LogP contribution in [-0.2, 0) is 19.7 Å². The lowest BCUT2D eigenvalue weighted by Gasteiger charge is -2.21. The third kappa shape index (κ3) is 4.01. The fourth-order valence-electron chi connectivity index (χ4n) is 2.50. The van der Waals surface area contributed by atoms with Crippen molar-refractivity contribution in [3.8, 4) is 0 Å². The van der Waals surface area contributed by atoms with Gasteiger partial charge in [0.1, 0.15) is 5.60 Å². The molecule has 6 heteroatoms. The van der Waals surface area contributed by atoms with E-state index >= 15 is 0 Å². The largest absolute Gasteiger partial charge is 0.467 e. The van der Waals surface area contributed by atoms with Crippen LogP contribution < -0.4 is 5.32 Å². The fourth-order valence-corrected chi connectivity index (χ4v) is 2.50. The maximum Gasteiger partial charge on any atom is 0.412 e. The van der Waals surface area contributed by atoms with Crippen molar-refractivity contribution in [3.63, 3.8) is 0 Å². The number of carbonyl (C=O) groups is 2. The van der Waals surface area contributed by atoms with E-state index in [1.807, 2.05) is 0 Å². The maximum absolute atomic E-state index is 11.7. The average molecular weight is 321 g/mol. The van der Waals surface area contributed by atoms with E-state index in [1.165, 1.54) is 7.11 Å². The van der Waals surface area contributed by atoms with Crippen molar-refractivity contribution in [2.75, 3.05) is 12.4 Å². The van der Waals surface area contributed by atoms with Gasteiger partial charge >= 0.3 is 12.1 Å². The highest BCUT2D eigenvalue weighted by Crippen LogP contribution is 2.51. The van der Waals surface area contributed by atoms with Crippen molar-refractivity contribution in [1.82, 2.24) is 0 Å². The summed E-state index contributed by atoms with van der Waals surface area (Å²) < 4.78 is 9.80. The number of methoxy groups -OCH3 is 1. The zero-order valence-corrected chi connectivity index (χ0v) is 13.9. The molecule has 1 amide bonds. The van der Waals surface area contributed by atoms with E-state index in [-0.39, 0.29) is 0 Å². The minimum Gasteiger partial charge on any atom is -0.467 e. The molecule has 2 N–H and O–H groups in total. The molecule has 1 aliphatic carbocycles. The second kappa shape index (κ2) is 6.20. The zero-order valence-electron chi connectivity index (χ0n) is 13.9. The van der Waals surface area contributed by atoms with Crippen LogP contribution in [0.4, 0.5) is 10.5 Å². The summed E-state index contributed by atoms with van der Waals surface area (Å²) in [6.07, 6.45) is -0.248. The predicted molar refractivity (Wildman–Crippen MR) is 85.2 cm³/mol. The molecule has 23 heavy (non-hydrogen) atoms. The Morgan fingerprint density at radius 3 is 2.22 bits per heavy atom. The Kier molecular flexibility index (Phi) is 4.66. The van der Waals surface area contributed by atoms with Crippen LogP contribution in [0.2, 0.25) is 0 Å². The molecule has 1 aliphatic rings. The van der Waals surface area contributed by atoms with Gasteiger partial charge in [-0.2, -0.15) is 0 Å². The number of aliphatic hydroxyl groups excluding tert-OH is 1. The lowest BCUT2D eigenvalue weighted by molar-refractivity contribution is -0.152. The summed E-state index contributed by atoms with van der Waals surface area (Å²) in [5.41, 5.74) is 0.307. The van der Waals surface area contributed by atoms with Gasteiger partial charge in [-0.05, 0) is 51.3 Å². The first-order valence-electron chi connectivity index (χ1n) is 7.54. The number of hydrogen-bond donors (Lipinski definition) is 2. The van der Waals surface area contributed by atoms with E-state index in [2.05, 4.69) is 10.1 Å². The lowest BCUT2D eigenvalue weighted by Crippen LogP contribution is -2.35. The molecule has 1 atom stereocenters. The van der Waals surface area contributed by atoms with E-state index < -0.39 is 29.2 Å². The van der Waals surface area contributed by atoms with Gasteiger partial charge in [0.2, 0.25) is 0 Å². The highest BCUT2D eigenvalue weighted by atomic mass is 16.6. The molecule has 1 saturated carbocycles. The fraction of sp³-hybridized carbons (Fsp3) is 0.529. The summed E-state index contributed by atoms with van der Waals surface area (Å²) in [5.74, 6) is -0.626. The third-order valence-corrected chi connectivity index (χ3v) is 3.84. The Morgan fingerprint density at radius 2 is 1.78 bits per heavy atom. The third-order valence-electron chi connectivity index (χ3n) is 3.84. The molecule has 1 unspecified atom stereocenters. The van der Waals surface area contributed by atoms with Gasteiger partial charge in [0.15, 0.2) is 6.10 Å². The first kappa shape index (κ1) is 17.3. The van der Waals surface area contributed by atoms with Crippen molar-refractivity contribution in [2.24, 2.45) is 0 Å². The normalized spacial score (nSPS) is 17.1. The van der Waals surface area contributed by atoms with Crippen molar-refractivity contribution in [3.05, 3.63) is 29.8 Å². The number of esters is 1. The monoisotopic (exact) mass is 321 g/mol. The quantitative estimate of drug-likeness (QED) is 0.833. The second-order valence-corrected chi connectivity index (χ2v) is 6.79. The molecular formula is C17H23NO5. The molecule has 2 rings (SSSR count). The molecule has 0 aromatic heterocycles. The number of carbonyl (C=O) groups excluding carboxylic acids is 2. The van der Waals surface area contributed by atoms with Crippen LogP contribution in [0.25, 0.3) is 0 Å². The van der Waals surface area contributed by atoms with E-state index in [4.69, 9.17) is 4.74 Å². The molecule has 0 radical (unpaired) electrons. The number of ether oxygens (including phenoxy) is 2. The Morgan fingerprint density at radius 1 is 1.22 bits per heavy atom. The van der Waals surface area contributed by atoms with Crippen LogP contribution in [0.5, 0.6) is 0 Å². The van der Waals surface area contributed by atoms with Crippen LogP contribution in [0.1, 0.15) is 39.2 Å². The summed E-state index contributed by atoms with van der Waals surface area (Å²) in [5, 5.41) is 12.8. The molecule has 1 aromatic carbocycles. The minimum absolute atomic E-state index is 0.527. The predicted octanol–water partition coefficient (Wildman–Crippen LogP) is 2.60. The first-order chi connectivity index (χ1) is 10.7. The van der Waals surface area contributed by atoms with Gasteiger partial charge in [-0.15, -0.1) is 0 Å². The molecule has 1 fully saturated rings. The Balaban J connectivity index is 2.05. The molecule has 0 heterocycles. The van der Waals surface area contributed by atoms with E-state index in [0.717, 1.165) is 18.4 Å². The number of rotatable bonds is 4. The van der Waals surface area contributed by atoms with Crippen LogP contribution in [0.3, 0.4) is 0 Å². The van der Waals surface area contributed by atoms with Crippen molar-refractivity contribution in [2.45, 2.75) is 50.7 Å². The highest BCUT2D eigenvalue weighted by molar-refractivity contribution is 5.85. The van der Waals surface area contributed by atoms with Crippen molar-refractivity contribution < 1.29 is 24.2 Å². The molecule has 0 aliphatic heterocycles. The Bertz CT molecular complexity index is 584. The first-order valence-corrected chi connectivity index (χ1v) is 7.54. The van der Waals surface area contributed by atoms with Gasteiger partial charge in [-0.3, -0.25) is 5.32 Å². The standard InChI is InChI=1S/C17H23NO5/c1-16(2,3)23-15(21)18-12-7-5-11(6-8-12)17(9-10-17)13(19)14(20)22-4/h5-8,13,19H,9-10H2,1-4H3,(H,18,21). The average Bonchev–Trinajstić information content (AvgIpc) is 3.26. The number of amides is 1. The molecule has 0 saturated heterocycles. The van der Waals surface area contributed by atoms with E-state index in [0.29, 0.717) is 5.69 Å². The number of anilines is 1. The van der Waals surface area contributed by atoms with Gasteiger partial charge in [-0.1, -0.05) is 12.1 Å². The van der Waals surface area contributed by atoms with E-state index in [1.54, 1.807) is 45.0 Å². The molecule has 0 bridgehead atoms. The molecule has 126 valence electrons. The van der Waals surface area contributed by atoms with Gasteiger partial charge < -0.3 is 14.6 Å². The summed E-state index contributed by atoms with van der Waals surface area (Å²) in [7, 11) is 1.26. The van der Waals surface area contributed by atoms with Crippen LogP contribution in [-0.4, -0.2) is 36.0 Å². The highest BCUT2D eigenvalue weighted by Gasteiger charge is 2.53. The van der Waals surface area contributed by atoms with Crippen LogP contribution in [0, 0.1) is 0 Å². The maximum atomic E-state index is 11.7. The Labute approximate surface area is 135 Å². The zero-order chi connectivity index (χ0) is 17.3. The number of aliphatic hydroxyl groups is 1. The summed E-state index contributed by atoms with van der Waals surface area (Å²) in [6, 6.07) is 7.05. The molecule has 0 spiro atoms. The number of nitrogens with one attached hydrogen (secondary N) is 1. The molecule has 1 aromatic rings. The number of benzene rings is 1. The SMILES string of the molecule is COC(=O)C(O)C1(c2ccc(NC(=O)OC(C)(C)C)cc2)CC1. The van der Waals surface area contributed by atoms with Crippen molar-refractivity contribution in [1.29, 1.82) is 0 Å². The van der Waals surface area contributed by atoms with Crippen molar-refractivity contribution >= 4 is 17.7 Å². The molecule has 6 nitrogen and oxygen atoms in total. The smallest absolute Gasteiger partial charge is 0.412 e. The van der Waals surface area contributed by atoms with Gasteiger partial charge in [-0.25, -0.2) is 9.59 Å². The van der Waals surface area contributed by atoms with E-state index in [9.17, 15) is 14.7 Å².